The van der Waals surface area contributed by atoms with Crippen LogP contribution in [-0.2, 0) is 0 Å². The molecule has 1 saturated carbocycles. The standard InChI is InChI=1S/C13H20ClN3/c1-9(2)13-16-11(14)8-12(17-13)15-10-6-4-3-5-7-10/h8-10H,3-7H2,1-2H3,(H,15,16,17). The number of nitrogens with one attached hydrogen (secondary N) is 1. The van der Waals surface area contributed by atoms with Gasteiger partial charge in [-0.2, -0.15) is 0 Å². The van der Waals surface area contributed by atoms with Crippen LogP contribution in [0.15, 0.2) is 6.07 Å². The first-order valence-electron chi connectivity index (χ1n) is 6.46. The predicted octanol–water partition coefficient (Wildman–Crippen LogP) is 4.00. The van der Waals surface area contributed by atoms with Gasteiger partial charge in [0.15, 0.2) is 0 Å². The Morgan fingerprint density at radius 2 is 1.94 bits per heavy atom. The van der Waals surface area contributed by atoms with E-state index in [1.807, 2.05) is 6.07 Å². The van der Waals surface area contributed by atoms with Crippen molar-refractivity contribution in [3.05, 3.63) is 17.0 Å². The molecule has 1 aliphatic carbocycles. The zero-order chi connectivity index (χ0) is 12.3. The average Bonchev–Trinajstić information content (AvgIpc) is 2.29. The number of hydrogen-bond donors (Lipinski definition) is 1. The lowest BCUT2D eigenvalue weighted by atomic mass is 9.95. The molecule has 3 nitrogen and oxygen atoms in total. The molecule has 1 aromatic rings. The van der Waals surface area contributed by atoms with E-state index in [4.69, 9.17) is 11.6 Å². The fourth-order valence-corrected chi connectivity index (χ4v) is 2.41. The van der Waals surface area contributed by atoms with Gasteiger partial charge in [-0.05, 0) is 12.8 Å². The molecule has 1 aliphatic rings. The first kappa shape index (κ1) is 12.6. The van der Waals surface area contributed by atoms with Crippen LogP contribution in [0.2, 0.25) is 5.15 Å². The normalized spacial score (nSPS) is 17.4. The second-order valence-electron chi connectivity index (χ2n) is 5.07. The maximum Gasteiger partial charge on any atom is 0.135 e. The maximum absolute atomic E-state index is 6.02. The van der Waals surface area contributed by atoms with Gasteiger partial charge in [-0.1, -0.05) is 44.7 Å². The number of halogens is 1. The number of aromatic nitrogens is 2. The smallest absolute Gasteiger partial charge is 0.135 e. The first-order valence-corrected chi connectivity index (χ1v) is 6.84. The zero-order valence-electron chi connectivity index (χ0n) is 10.5. The van der Waals surface area contributed by atoms with Crippen LogP contribution in [0.25, 0.3) is 0 Å². The highest BCUT2D eigenvalue weighted by atomic mass is 35.5. The molecule has 0 saturated heterocycles. The minimum absolute atomic E-state index is 0.306. The highest BCUT2D eigenvalue weighted by molar-refractivity contribution is 6.29. The van der Waals surface area contributed by atoms with Crippen LogP contribution in [-0.4, -0.2) is 16.0 Å². The molecule has 2 rings (SSSR count). The molecule has 1 heterocycles. The molecule has 0 atom stereocenters. The molecule has 0 aromatic carbocycles. The van der Waals surface area contributed by atoms with Gasteiger partial charge in [0.25, 0.3) is 0 Å². The van der Waals surface area contributed by atoms with Crippen LogP contribution < -0.4 is 5.32 Å². The van der Waals surface area contributed by atoms with Crippen molar-refractivity contribution in [2.75, 3.05) is 5.32 Å². The summed E-state index contributed by atoms with van der Waals surface area (Å²) in [4.78, 5) is 8.76. The highest BCUT2D eigenvalue weighted by Crippen LogP contribution is 2.23. The van der Waals surface area contributed by atoms with E-state index in [2.05, 4.69) is 29.1 Å². The summed E-state index contributed by atoms with van der Waals surface area (Å²) in [5.41, 5.74) is 0. The Bertz CT molecular complexity index is 373. The van der Waals surface area contributed by atoms with E-state index in [0.29, 0.717) is 17.1 Å². The monoisotopic (exact) mass is 253 g/mol. The lowest BCUT2D eigenvalue weighted by molar-refractivity contribution is 0.461. The number of rotatable bonds is 3. The SMILES string of the molecule is CC(C)c1nc(Cl)cc(NC2CCCCC2)n1. The fraction of sp³-hybridized carbons (Fsp3) is 0.692. The minimum atomic E-state index is 0.306. The van der Waals surface area contributed by atoms with E-state index < -0.39 is 0 Å². The van der Waals surface area contributed by atoms with Crippen molar-refractivity contribution in [3.8, 4) is 0 Å². The first-order chi connectivity index (χ1) is 8.15. The van der Waals surface area contributed by atoms with Gasteiger partial charge in [0, 0.05) is 18.0 Å². The molecule has 1 aromatic heterocycles. The molecule has 0 bridgehead atoms. The molecule has 0 aliphatic heterocycles. The van der Waals surface area contributed by atoms with Gasteiger partial charge < -0.3 is 5.32 Å². The van der Waals surface area contributed by atoms with Gasteiger partial charge in [-0.3, -0.25) is 0 Å². The summed E-state index contributed by atoms with van der Waals surface area (Å²) in [6.07, 6.45) is 6.46. The van der Waals surface area contributed by atoms with Crippen molar-refractivity contribution in [1.29, 1.82) is 0 Å². The molecule has 1 fully saturated rings. The largest absolute Gasteiger partial charge is 0.367 e. The van der Waals surface area contributed by atoms with E-state index in [0.717, 1.165) is 11.6 Å². The van der Waals surface area contributed by atoms with Gasteiger partial charge in [0.1, 0.15) is 16.8 Å². The highest BCUT2D eigenvalue weighted by Gasteiger charge is 2.14. The third-order valence-corrected chi connectivity index (χ3v) is 3.38. The van der Waals surface area contributed by atoms with Crippen molar-refractivity contribution >= 4 is 17.4 Å². The molecule has 0 radical (unpaired) electrons. The molecule has 0 unspecified atom stereocenters. The third-order valence-electron chi connectivity index (χ3n) is 3.19. The van der Waals surface area contributed by atoms with Gasteiger partial charge in [0.2, 0.25) is 0 Å². The van der Waals surface area contributed by atoms with Gasteiger partial charge in [0.05, 0.1) is 0 Å². The van der Waals surface area contributed by atoms with E-state index in [1.165, 1.54) is 32.1 Å². The molecule has 17 heavy (non-hydrogen) atoms. The van der Waals surface area contributed by atoms with Gasteiger partial charge in [-0.15, -0.1) is 0 Å². The lowest BCUT2D eigenvalue weighted by Gasteiger charge is -2.23. The minimum Gasteiger partial charge on any atom is -0.367 e. The topological polar surface area (TPSA) is 37.8 Å². The Hall–Kier alpha value is -0.830. The lowest BCUT2D eigenvalue weighted by Crippen LogP contribution is -2.23. The summed E-state index contributed by atoms with van der Waals surface area (Å²) in [6.45, 7) is 4.16. The van der Waals surface area contributed by atoms with Crippen molar-refractivity contribution in [2.24, 2.45) is 0 Å². The summed E-state index contributed by atoms with van der Waals surface area (Å²) in [6, 6.07) is 2.37. The Kier molecular flexibility index (Phi) is 4.21. The van der Waals surface area contributed by atoms with Crippen LogP contribution in [0.3, 0.4) is 0 Å². The molecular weight excluding hydrogens is 234 g/mol. The molecule has 1 N–H and O–H groups in total. The fourth-order valence-electron chi connectivity index (χ4n) is 2.22. The molecule has 94 valence electrons. The second kappa shape index (κ2) is 5.67. The molecular formula is C13H20ClN3. The van der Waals surface area contributed by atoms with Crippen LogP contribution in [0, 0.1) is 0 Å². The third kappa shape index (κ3) is 3.56. The molecule has 0 spiro atoms. The Morgan fingerprint density at radius 1 is 1.24 bits per heavy atom. The maximum atomic E-state index is 6.02. The Morgan fingerprint density at radius 3 is 2.59 bits per heavy atom. The van der Waals surface area contributed by atoms with Crippen LogP contribution in [0.4, 0.5) is 5.82 Å². The summed E-state index contributed by atoms with van der Waals surface area (Å²) < 4.78 is 0. The van der Waals surface area contributed by atoms with Crippen molar-refractivity contribution in [2.45, 2.75) is 57.9 Å². The summed E-state index contributed by atoms with van der Waals surface area (Å²) in [7, 11) is 0. The quantitative estimate of drug-likeness (QED) is 0.828. The van der Waals surface area contributed by atoms with Crippen LogP contribution >= 0.6 is 11.6 Å². The van der Waals surface area contributed by atoms with E-state index in [-0.39, 0.29) is 0 Å². The average molecular weight is 254 g/mol. The van der Waals surface area contributed by atoms with E-state index in [1.54, 1.807) is 0 Å². The van der Waals surface area contributed by atoms with E-state index in [9.17, 15) is 0 Å². The summed E-state index contributed by atoms with van der Waals surface area (Å²) in [5, 5.41) is 4.01. The predicted molar refractivity (Wildman–Crippen MR) is 71.6 cm³/mol. The zero-order valence-corrected chi connectivity index (χ0v) is 11.3. The van der Waals surface area contributed by atoms with Crippen molar-refractivity contribution in [1.82, 2.24) is 9.97 Å². The Balaban J connectivity index is 2.09. The number of hydrogen-bond acceptors (Lipinski definition) is 3. The van der Waals surface area contributed by atoms with Crippen molar-refractivity contribution in [3.63, 3.8) is 0 Å². The number of nitrogens with zero attached hydrogens (tertiary/aromatic N) is 2. The van der Waals surface area contributed by atoms with Gasteiger partial charge >= 0.3 is 0 Å². The molecule has 0 amide bonds. The van der Waals surface area contributed by atoms with Crippen LogP contribution in [0.5, 0.6) is 0 Å². The molecule has 4 heteroatoms. The summed E-state index contributed by atoms with van der Waals surface area (Å²) in [5.74, 6) is 2.00. The number of anilines is 1. The van der Waals surface area contributed by atoms with Gasteiger partial charge in [-0.25, -0.2) is 9.97 Å². The van der Waals surface area contributed by atoms with Crippen molar-refractivity contribution < 1.29 is 0 Å². The summed E-state index contributed by atoms with van der Waals surface area (Å²) >= 11 is 6.02. The Labute approximate surface area is 108 Å². The second-order valence-corrected chi connectivity index (χ2v) is 5.46. The van der Waals surface area contributed by atoms with E-state index >= 15 is 0 Å². The van der Waals surface area contributed by atoms with Crippen LogP contribution in [0.1, 0.15) is 57.7 Å².